The number of nitrogens with one attached hydrogen (secondary N) is 1. The van der Waals surface area contributed by atoms with E-state index in [1.807, 2.05) is 6.07 Å². The van der Waals surface area contributed by atoms with Crippen LogP contribution in [0.25, 0.3) is 0 Å². The molecule has 0 unspecified atom stereocenters. The van der Waals surface area contributed by atoms with Crippen LogP contribution in [0.1, 0.15) is 12.0 Å². The first kappa shape index (κ1) is 9.15. The molecule has 14 heavy (non-hydrogen) atoms. The van der Waals surface area contributed by atoms with E-state index >= 15 is 0 Å². The molecule has 0 radical (unpaired) electrons. The molecule has 74 valence electrons. The van der Waals surface area contributed by atoms with Crippen molar-refractivity contribution in [3.05, 3.63) is 39.9 Å². The minimum Gasteiger partial charge on any atom is -0.314 e. The van der Waals surface area contributed by atoms with E-state index in [0.29, 0.717) is 6.04 Å². The largest absolute Gasteiger partial charge is 0.314 e. The number of nitro benzene ring substituents is 1. The van der Waals surface area contributed by atoms with E-state index in [-0.39, 0.29) is 10.6 Å². The monoisotopic (exact) mass is 192 g/mol. The smallest absolute Gasteiger partial charge is 0.269 e. The minimum absolute atomic E-state index is 0.182. The average Bonchev–Trinajstić information content (AvgIpc) is 2.12. The standard InChI is InChI=1S/C10H12N2O2/c13-12(14)10-3-1-2-8(7-10)6-9-4-5-11-9/h1-3,7,9,11H,4-6H2/t9-/m0/s1. The van der Waals surface area contributed by atoms with Crippen LogP contribution < -0.4 is 5.32 Å². The van der Waals surface area contributed by atoms with Gasteiger partial charge in [-0.25, -0.2) is 0 Å². The molecule has 1 N–H and O–H groups in total. The van der Waals surface area contributed by atoms with E-state index in [2.05, 4.69) is 5.32 Å². The number of nitrogens with zero attached hydrogens (tertiary/aromatic N) is 1. The Morgan fingerprint density at radius 3 is 2.93 bits per heavy atom. The van der Waals surface area contributed by atoms with Gasteiger partial charge in [-0.3, -0.25) is 10.1 Å². The molecule has 0 saturated carbocycles. The Labute approximate surface area is 82.1 Å². The third-order valence-electron chi connectivity index (χ3n) is 2.53. The van der Waals surface area contributed by atoms with Crippen molar-refractivity contribution in [3.8, 4) is 0 Å². The summed E-state index contributed by atoms with van der Waals surface area (Å²) in [5.41, 5.74) is 1.22. The van der Waals surface area contributed by atoms with Crippen molar-refractivity contribution < 1.29 is 4.92 Å². The van der Waals surface area contributed by atoms with Crippen LogP contribution in [0.2, 0.25) is 0 Å². The Morgan fingerprint density at radius 2 is 2.36 bits per heavy atom. The zero-order valence-electron chi connectivity index (χ0n) is 7.77. The molecule has 0 bridgehead atoms. The fraction of sp³-hybridized carbons (Fsp3) is 0.400. The molecule has 1 heterocycles. The lowest BCUT2D eigenvalue weighted by molar-refractivity contribution is -0.384. The van der Waals surface area contributed by atoms with Crippen LogP contribution in [0, 0.1) is 10.1 Å². The maximum Gasteiger partial charge on any atom is 0.269 e. The first-order valence-electron chi connectivity index (χ1n) is 4.72. The van der Waals surface area contributed by atoms with Gasteiger partial charge in [0.15, 0.2) is 0 Å². The summed E-state index contributed by atoms with van der Waals surface area (Å²) in [6, 6.07) is 7.37. The highest BCUT2D eigenvalue weighted by Crippen LogP contribution is 2.16. The van der Waals surface area contributed by atoms with Gasteiger partial charge in [0, 0.05) is 18.2 Å². The lowest BCUT2D eigenvalue weighted by Crippen LogP contribution is -2.44. The summed E-state index contributed by atoms with van der Waals surface area (Å²) >= 11 is 0. The van der Waals surface area contributed by atoms with Crippen molar-refractivity contribution in [2.24, 2.45) is 0 Å². The number of nitro groups is 1. The summed E-state index contributed by atoms with van der Waals surface area (Å²) in [7, 11) is 0. The van der Waals surface area contributed by atoms with Gasteiger partial charge in [-0.2, -0.15) is 0 Å². The molecule has 0 aromatic heterocycles. The van der Waals surface area contributed by atoms with Crippen molar-refractivity contribution in [3.63, 3.8) is 0 Å². The SMILES string of the molecule is O=[N+]([O-])c1cccc(C[C@@H]2CCN2)c1. The lowest BCUT2D eigenvalue weighted by Gasteiger charge is -2.27. The highest BCUT2D eigenvalue weighted by atomic mass is 16.6. The zero-order valence-corrected chi connectivity index (χ0v) is 7.77. The van der Waals surface area contributed by atoms with Gasteiger partial charge in [-0.1, -0.05) is 12.1 Å². The Hall–Kier alpha value is -1.42. The van der Waals surface area contributed by atoms with Crippen molar-refractivity contribution in [1.82, 2.24) is 5.32 Å². The number of rotatable bonds is 3. The normalized spacial score (nSPS) is 20.1. The van der Waals surface area contributed by atoms with Crippen LogP contribution in [0.5, 0.6) is 0 Å². The van der Waals surface area contributed by atoms with Crippen LogP contribution in [-0.2, 0) is 6.42 Å². The summed E-state index contributed by atoms with van der Waals surface area (Å²) in [5, 5.41) is 13.8. The van der Waals surface area contributed by atoms with E-state index in [0.717, 1.165) is 18.5 Å². The first-order valence-corrected chi connectivity index (χ1v) is 4.72. The minimum atomic E-state index is -0.350. The topological polar surface area (TPSA) is 55.2 Å². The van der Waals surface area contributed by atoms with Crippen molar-refractivity contribution in [2.75, 3.05) is 6.54 Å². The molecule has 0 amide bonds. The summed E-state index contributed by atoms with van der Waals surface area (Å²) in [4.78, 5) is 10.2. The molecule has 1 saturated heterocycles. The van der Waals surface area contributed by atoms with Gasteiger partial charge in [0.2, 0.25) is 0 Å². The van der Waals surface area contributed by atoms with Crippen LogP contribution in [0.15, 0.2) is 24.3 Å². The third kappa shape index (κ3) is 1.90. The highest BCUT2D eigenvalue weighted by molar-refractivity contribution is 5.34. The molecule has 1 atom stereocenters. The van der Waals surface area contributed by atoms with Gasteiger partial charge in [0.25, 0.3) is 5.69 Å². The maximum atomic E-state index is 10.5. The van der Waals surface area contributed by atoms with Crippen molar-refractivity contribution in [1.29, 1.82) is 0 Å². The van der Waals surface area contributed by atoms with E-state index < -0.39 is 0 Å². The lowest BCUT2D eigenvalue weighted by atomic mass is 9.98. The Kier molecular flexibility index (Phi) is 2.45. The van der Waals surface area contributed by atoms with Crippen LogP contribution in [0.3, 0.4) is 0 Å². The molecule has 4 heteroatoms. The number of non-ortho nitro benzene ring substituents is 1. The van der Waals surface area contributed by atoms with Crippen LogP contribution in [0.4, 0.5) is 5.69 Å². The second-order valence-electron chi connectivity index (χ2n) is 3.57. The Morgan fingerprint density at radius 1 is 1.57 bits per heavy atom. The molecule has 4 nitrogen and oxygen atoms in total. The predicted octanol–water partition coefficient (Wildman–Crippen LogP) is 1.50. The first-order chi connectivity index (χ1) is 6.75. The quantitative estimate of drug-likeness (QED) is 0.583. The number of hydrogen-bond donors (Lipinski definition) is 1. The Bertz CT molecular complexity index is 348. The molecular formula is C10H12N2O2. The van der Waals surface area contributed by atoms with Gasteiger partial charge in [-0.05, 0) is 24.9 Å². The molecular weight excluding hydrogens is 180 g/mol. The van der Waals surface area contributed by atoms with Crippen molar-refractivity contribution >= 4 is 5.69 Å². The molecule has 1 aromatic carbocycles. The summed E-state index contributed by atoms with van der Waals surface area (Å²) in [5.74, 6) is 0. The molecule has 1 aliphatic heterocycles. The fourth-order valence-electron chi connectivity index (χ4n) is 1.60. The third-order valence-corrected chi connectivity index (χ3v) is 2.53. The summed E-state index contributed by atoms with van der Waals surface area (Å²) < 4.78 is 0. The number of benzene rings is 1. The maximum absolute atomic E-state index is 10.5. The Balaban J connectivity index is 2.09. The zero-order chi connectivity index (χ0) is 9.97. The van der Waals surface area contributed by atoms with Gasteiger partial charge >= 0.3 is 0 Å². The average molecular weight is 192 g/mol. The molecule has 2 rings (SSSR count). The predicted molar refractivity (Wildman–Crippen MR) is 53.2 cm³/mol. The number of hydrogen-bond acceptors (Lipinski definition) is 3. The van der Waals surface area contributed by atoms with E-state index in [4.69, 9.17) is 0 Å². The van der Waals surface area contributed by atoms with Gasteiger partial charge in [0.05, 0.1) is 4.92 Å². The van der Waals surface area contributed by atoms with Gasteiger partial charge < -0.3 is 5.32 Å². The molecule has 0 aliphatic carbocycles. The van der Waals surface area contributed by atoms with E-state index in [1.54, 1.807) is 12.1 Å². The molecule has 1 fully saturated rings. The van der Waals surface area contributed by atoms with Crippen LogP contribution in [-0.4, -0.2) is 17.5 Å². The van der Waals surface area contributed by atoms with Gasteiger partial charge in [-0.15, -0.1) is 0 Å². The van der Waals surface area contributed by atoms with Crippen molar-refractivity contribution in [2.45, 2.75) is 18.9 Å². The van der Waals surface area contributed by atoms with E-state index in [9.17, 15) is 10.1 Å². The van der Waals surface area contributed by atoms with Crippen LogP contribution >= 0.6 is 0 Å². The second kappa shape index (κ2) is 3.75. The molecule has 1 aliphatic rings. The molecule has 0 spiro atoms. The summed E-state index contributed by atoms with van der Waals surface area (Å²) in [6.45, 7) is 1.07. The fourth-order valence-corrected chi connectivity index (χ4v) is 1.60. The second-order valence-corrected chi connectivity index (χ2v) is 3.57. The highest BCUT2D eigenvalue weighted by Gasteiger charge is 2.17. The van der Waals surface area contributed by atoms with E-state index in [1.165, 1.54) is 12.5 Å². The van der Waals surface area contributed by atoms with Gasteiger partial charge in [0.1, 0.15) is 0 Å². The summed E-state index contributed by atoms with van der Waals surface area (Å²) in [6.07, 6.45) is 2.06. The molecule has 1 aromatic rings.